The van der Waals surface area contributed by atoms with Gasteiger partial charge < -0.3 is 29.6 Å². The van der Waals surface area contributed by atoms with Gasteiger partial charge in [0.2, 0.25) is 0 Å². The molecule has 0 aliphatic carbocycles. The standard InChI is InChI=1S/C33H31ClN2O5/c1-20-3-2-4-26-30(38)17-29-32(31(20)26)24(18-34)19-36(29)33(39)22-7-10-27-23(15-22)16-28(35-27)21-5-8-25(9-6-21)41-14-13-40-12-11-37/h2-10,15-17,24,35,37-38H,11-14,18-19H2,1H3. The highest BCUT2D eigenvalue weighted by atomic mass is 35.5. The molecule has 1 aliphatic heterocycles. The molecule has 0 bridgehead atoms. The molecule has 1 unspecified atom stereocenters. The number of aromatic nitrogens is 1. The number of carbonyl (C=O) groups excluding carboxylic acids is 1. The minimum absolute atomic E-state index is 0.00272. The first-order valence-electron chi connectivity index (χ1n) is 13.7. The number of hydrogen-bond acceptors (Lipinski definition) is 5. The van der Waals surface area contributed by atoms with Crippen LogP contribution < -0.4 is 9.64 Å². The van der Waals surface area contributed by atoms with Crippen LogP contribution in [0.25, 0.3) is 32.9 Å². The lowest BCUT2D eigenvalue weighted by Gasteiger charge is -2.19. The van der Waals surface area contributed by atoms with Gasteiger partial charge in [0.15, 0.2) is 0 Å². The van der Waals surface area contributed by atoms with Crippen LogP contribution in [0, 0.1) is 6.92 Å². The van der Waals surface area contributed by atoms with E-state index in [1.165, 1.54) is 0 Å². The monoisotopic (exact) mass is 570 g/mol. The number of ether oxygens (including phenoxy) is 2. The van der Waals surface area contributed by atoms with Crippen LogP contribution in [0.1, 0.15) is 27.4 Å². The van der Waals surface area contributed by atoms with Crippen molar-refractivity contribution >= 4 is 44.9 Å². The zero-order valence-corrected chi connectivity index (χ0v) is 23.4. The molecular formula is C33H31ClN2O5. The zero-order valence-electron chi connectivity index (χ0n) is 22.7. The number of aryl methyl sites for hydroxylation is 1. The molecule has 1 aliphatic rings. The van der Waals surface area contributed by atoms with Gasteiger partial charge in [-0.15, -0.1) is 11.6 Å². The number of nitrogens with one attached hydrogen (secondary N) is 1. The van der Waals surface area contributed by atoms with Crippen molar-refractivity contribution < 1.29 is 24.5 Å². The summed E-state index contributed by atoms with van der Waals surface area (Å²) >= 11 is 6.41. The van der Waals surface area contributed by atoms with Gasteiger partial charge in [-0.05, 0) is 77.5 Å². The molecule has 5 aromatic rings. The summed E-state index contributed by atoms with van der Waals surface area (Å²) < 4.78 is 10.9. The van der Waals surface area contributed by atoms with Crippen molar-refractivity contribution in [1.29, 1.82) is 0 Å². The number of fused-ring (bicyclic) bond motifs is 4. The number of phenols is 1. The number of phenolic OH excluding ortho intramolecular Hbond substituents is 1. The van der Waals surface area contributed by atoms with Gasteiger partial charge >= 0.3 is 0 Å². The number of aromatic amines is 1. The first-order valence-corrected chi connectivity index (χ1v) is 14.2. The SMILES string of the molecule is Cc1cccc2c(O)cc3c(c12)C(CCl)CN3C(=O)c1ccc2[nH]c(-c3ccc(OCCOCCO)cc3)cc2c1. The second-order valence-electron chi connectivity index (χ2n) is 10.3. The summed E-state index contributed by atoms with van der Waals surface area (Å²) in [6.45, 7) is 3.60. The largest absolute Gasteiger partial charge is 0.507 e. The molecule has 1 atom stereocenters. The van der Waals surface area contributed by atoms with Crippen LogP contribution >= 0.6 is 11.6 Å². The number of benzene rings is 4. The number of aromatic hydroxyl groups is 1. The fraction of sp³-hybridized carbons (Fsp3) is 0.242. The lowest BCUT2D eigenvalue weighted by Crippen LogP contribution is -2.30. The molecule has 3 N–H and O–H groups in total. The number of rotatable bonds is 9. The number of aliphatic hydroxyl groups excluding tert-OH is 1. The van der Waals surface area contributed by atoms with Gasteiger partial charge in [0.25, 0.3) is 5.91 Å². The van der Waals surface area contributed by atoms with E-state index in [1.807, 2.05) is 73.7 Å². The smallest absolute Gasteiger partial charge is 0.258 e. The molecule has 6 rings (SSSR count). The zero-order chi connectivity index (χ0) is 28.5. The van der Waals surface area contributed by atoms with E-state index >= 15 is 0 Å². The van der Waals surface area contributed by atoms with Crippen molar-refractivity contribution in [1.82, 2.24) is 4.98 Å². The molecule has 2 heterocycles. The van der Waals surface area contributed by atoms with E-state index in [-0.39, 0.29) is 24.2 Å². The number of hydrogen-bond donors (Lipinski definition) is 3. The molecule has 0 radical (unpaired) electrons. The van der Waals surface area contributed by atoms with Gasteiger partial charge in [0.1, 0.15) is 18.1 Å². The third-order valence-corrected chi connectivity index (χ3v) is 8.04. The molecule has 210 valence electrons. The van der Waals surface area contributed by atoms with Crippen LogP contribution in [0.2, 0.25) is 0 Å². The van der Waals surface area contributed by atoms with E-state index in [4.69, 9.17) is 26.2 Å². The molecule has 0 fully saturated rings. The van der Waals surface area contributed by atoms with Gasteiger partial charge in [-0.1, -0.05) is 18.2 Å². The molecule has 41 heavy (non-hydrogen) atoms. The number of nitrogens with zero attached hydrogens (tertiary/aromatic N) is 1. The molecule has 0 saturated carbocycles. The fourth-order valence-electron chi connectivity index (χ4n) is 5.71. The van der Waals surface area contributed by atoms with Crippen molar-refractivity contribution in [3.05, 3.63) is 89.5 Å². The first kappa shape index (κ1) is 27.1. The minimum Gasteiger partial charge on any atom is -0.507 e. The molecule has 1 aromatic heterocycles. The second-order valence-corrected chi connectivity index (χ2v) is 10.6. The van der Waals surface area contributed by atoms with E-state index in [0.29, 0.717) is 37.8 Å². The topological polar surface area (TPSA) is 95.0 Å². The molecule has 0 saturated heterocycles. The van der Waals surface area contributed by atoms with Crippen LogP contribution in [-0.2, 0) is 4.74 Å². The van der Waals surface area contributed by atoms with E-state index in [1.54, 1.807) is 11.0 Å². The minimum atomic E-state index is -0.125. The normalized spacial score (nSPS) is 14.6. The average Bonchev–Trinajstić information content (AvgIpc) is 3.58. The van der Waals surface area contributed by atoms with E-state index < -0.39 is 0 Å². The highest BCUT2D eigenvalue weighted by Crippen LogP contribution is 2.46. The number of H-pyrrole nitrogens is 1. The van der Waals surface area contributed by atoms with Crippen molar-refractivity contribution in [3.63, 3.8) is 0 Å². The van der Waals surface area contributed by atoms with Crippen molar-refractivity contribution in [2.45, 2.75) is 12.8 Å². The Kier molecular flexibility index (Phi) is 7.58. The third kappa shape index (κ3) is 5.12. The highest BCUT2D eigenvalue weighted by Gasteiger charge is 2.35. The van der Waals surface area contributed by atoms with Crippen LogP contribution in [0.15, 0.2) is 72.8 Å². The summed E-state index contributed by atoms with van der Waals surface area (Å²) in [4.78, 5) is 19.0. The molecular weight excluding hydrogens is 540 g/mol. The summed E-state index contributed by atoms with van der Waals surface area (Å²) in [5, 5.41) is 22.3. The number of amides is 1. The Hall–Kier alpha value is -4.04. The number of carbonyl (C=O) groups is 1. The van der Waals surface area contributed by atoms with Crippen molar-refractivity contribution in [3.8, 4) is 22.8 Å². The Morgan fingerprint density at radius 3 is 2.66 bits per heavy atom. The summed E-state index contributed by atoms with van der Waals surface area (Å²) in [5.41, 5.74) is 6.22. The summed E-state index contributed by atoms with van der Waals surface area (Å²) in [5.74, 6) is 1.13. The first-order chi connectivity index (χ1) is 20.0. The van der Waals surface area contributed by atoms with Crippen LogP contribution in [0.5, 0.6) is 11.5 Å². The van der Waals surface area contributed by atoms with Gasteiger partial charge in [-0.25, -0.2) is 0 Å². The van der Waals surface area contributed by atoms with Crippen LogP contribution in [0.4, 0.5) is 5.69 Å². The predicted octanol–water partition coefficient (Wildman–Crippen LogP) is 6.37. The Balaban J connectivity index is 1.25. The fourth-order valence-corrected chi connectivity index (χ4v) is 5.96. The Morgan fingerprint density at radius 1 is 1.05 bits per heavy atom. The quantitative estimate of drug-likeness (QED) is 0.141. The summed E-state index contributed by atoms with van der Waals surface area (Å²) in [6, 6.07) is 23.0. The predicted molar refractivity (Wildman–Crippen MR) is 163 cm³/mol. The Labute approximate surface area is 242 Å². The maximum atomic E-state index is 13.9. The number of aliphatic hydroxyl groups is 1. The number of alkyl halides is 1. The molecule has 4 aromatic carbocycles. The van der Waals surface area contributed by atoms with Crippen molar-refractivity contribution in [2.75, 3.05) is 43.8 Å². The van der Waals surface area contributed by atoms with Gasteiger partial charge in [-0.2, -0.15) is 0 Å². The van der Waals surface area contributed by atoms with E-state index in [9.17, 15) is 9.90 Å². The number of anilines is 1. The van der Waals surface area contributed by atoms with Gasteiger partial charge in [-0.3, -0.25) is 4.79 Å². The average molecular weight is 571 g/mol. The maximum absolute atomic E-state index is 13.9. The van der Waals surface area contributed by atoms with Gasteiger partial charge in [0, 0.05) is 52.0 Å². The molecule has 0 spiro atoms. The summed E-state index contributed by atoms with van der Waals surface area (Å²) in [6.07, 6.45) is 0. The molecule has 8 heteroatoms. The summed E-state index contributed by atoms with van der Waals surface area (Å²) in [7, 11) is 0. The molecule has 7 nitrogen and oxygen atoms in total. The lowest BCUT2D eigenvalue weighted by atomic mass is 9.92. The van der Waals surface area contributed by atoms with E-state index in [0.717, 1.165) is 55.5 Å². The van der Waals surface area contributed by atoms with Crippen molar-refractivity contribution in [2.24, 2.45) is 0 Å². The van der Waals surface area contributed by atoms with E-state index in [2.05, 4.69) is 4.98 Å². The highest BCUT2D eigenvalue weighted by molar-refractivity contribution is 6.19. The number of halogens is 1. The third-order valence-electron chi connectivity index (χ3n) is 7.67. The lowest BCUT2D eigenvalue weighted by molar-refractivity contribution is 0.0705. The maximum Gasteiger partial charge on any atom is 0.258 e. The van der Waals surface area contributed by atoms with Crippen LogP contribution in [-0.4, -0.2) is 60.0 Å². The second kappa shape index (κ2) is 11.4. The Bertz CT molecular complexity index is 1730. The Morgan fingerprint density at radius 2 is 1.88 bits per heavy atom. The van der Waals surface area contributed by atoms with Gasteiger partial charge in [0.05, 0.1) is 25.5 Å². The molecule has 1 amide bonds. The van der Waals surface area contributed by atoms with Crippen LogP contribution in [0.3, 0.4) is 0 Å².